The average Bonchev–Trinajstić information content (AvgIpc) is 3.73. The van der Waals surface area contributed by atoms with Gasteiger partial charge in [0.2, 0.25) is 0 Å². The molecule has 8 rings (SSSR count). The lowest BCUT2D eigenvalue weighted by molar-refractivity contribution is 0.147. The van der Waals surface area contributed by atoms with Crippen molar-refractivity contribution in [2.45, 2.75) is 70.1 Å². The second kappa shape index (κ2) is 12.6. The molecule has 0 radical (unpaired) electrons. The highest BCUT2D eigenvalue weighted by Crippen LogP contribution is 2.54. The van der Waals surface area contributed by atoms with E-state index in [0.29, 0.717) is 11.9 Å². The first-order valence-electron chi connectivity index (χ1n) is 16.8. The van der Waals surface area contributed by atoms with Gasteiger partial charge in [0.15, 0.2) is 0 Å². The van der Waals surface area contributed by atoms with Crippen LogP contribution >= 0.6 is 34.3 Å². The largest absolute Gasteiger partial charge is 0.496 e. The fourth-order valence-electron chi connectivity index (χ4n) is 8.74. The Balaban J connectivity index is 1.25. The maximum atomic E-state index is 6.48. The van der Waals surface area contributed by atoms with Crippen LogP contribution in [0.5, 0.6) is 23.0 Å². The minimum absolute atomic E-state index is 0.149. The van der Waals surface area contributed by atoms with E-state index in [0.717, 1.165) is 81.3 Å². The molecule has 9 heteroatoms. The van der Waals surface area contributed by atoms with Gasteiger partial charge in [-0.3, -0.25) is 9.80 Å². The van der Waals surface area contributed by atoms with Crippen LogP contribution in [-0.2, 0) is 45.2 Å². The second-order valence-corrected chi connectivity index (χ2v) is 15.9. The Kier molecular flexibility index (Phi) is 8.45. The average molecular weight is 691 g/mol. The summed E-state index contributed by atoms with van der Waals surface area (Å²) in [5.41, 5.74) is 9.25. The summed E-state index contributed by atoms with van der Waals surface area (Å²) < 4.78 is 24.4. The number of benzene rings is 2. The number of aryl methyl sites for hydroxylation is 2. The number of nitrogens with zero attached hydrogens (tertiary/aromatic N) is 2. The van der Waals surface area contributed by atoms with E-state index in [2.05, 4.69) is 34.9 Å². The zero-order valence-corrected chi connectivity index (χ0v) is 30.3. The van der Waals surface area contributed by atoms with Crippen molar-refractivity contribution in [2.24, 2.45) is 0 Å². The zero-order chi connectivity index (χ0) is 32.4. The van der Waals surface area contributed by atoms with Crippen molar-refractivity contribution in [2.75, 3.05) is 47.4 Å². The first-order chi connectivity index (χ1) is 23.0. The Bertz CT molecular complexity index is 1830. The van der Waals surface area contributed by atoms with Gasteiger partial charge in [0.1, 0.15) is 23.0 Å². The van der Waals surface area contributed by atoms with Gasteiger partial charge in [0.25, 0.3) is 0 Å². The number of methoxy groups -OCH3 is 4. The highest BCUT2D eigenvalue weighted by molar-refractivity contribution is 7.12. The summed E-state index contributed by atoms with van der Waals surface area (Å²) in [6.07, 6.45) is 4.93. The molecule has 6 heterocycles. The maximum Gasteiger partial charge on any atom is 0.126 e. The predicted molar refractivity (Wildman–Crippen MR) is 191 cm³/mol. The molecule has 4 aromatic rings. The molecule has 0 saturated heterocycles. The van der Waals surface area contributed by atoms with E-state index in [-0.39, 0.29) is 12.0 Å². The topological polar surface area (TPSA) is 43.4 Å². The van der Waals surface area contributed by atoms with Crippen molar-refractivity contribution in [3.8, 4) is 23.0 Å². The molecule has 2 aromatic carbocycles. The van der Waals surface area contributed by atoms with Gasteiger partial charge in [-0.1, -0.05) is 6.92 Å². The van der Waals surface area contributed by atoms with Gasteiger partial charge in [0.05, 0.1) is 28.4 Å². The summed E-state index contributed by atoms with van der Waals surface area (Å²) in [6.45, 7) is 5.94. The summed E-state index contributed by atoms with van der Waals surface area (Å²) >= 11 is 10.3. The highest BCUT2D eigenvalue weighted by Gasteiger charge is 2.43. The minimum atomic E-state index is 0.149. The second-order valence-electron chi connectivity index (χ2n) is 13.1. The lowest BCUT2D eigenvalue weighted by Gasteiger charge is -2.45. The van der Waals surface area contributed by atoms with E-state index in [1.807, 2.05) is 49.0 Å². The normalized spacial score (nSPS) is 21.5. The van der Waals surface area contributed by atoms with Gasteiger partial charge < -0.3 is 18.9 Å². The van der Waals surface area contributed by atoms with E-state index in [4.69, 9.17) is 30.5 Å². The summed E-state index contributed by atoms with van der Waals surface area (Å²) in [5.74, 6) is 4.66. The van der Waals surface area contributed by atoms with Gasteiger partial charge in [-0.25, -0.2) is 0 Å². The minimum Gasteiger partial charge on any atom is -0.496 e. The molecule has 0 spiro atoms. The lowest BCUT2D eigenvalue weighted by atomic mass is 9.79. The van der Waals surface area contributed by atoms with Crippen LogP contribution in [0, 0.1) is 0 Å². The van der Waals surface area contributed by atoms with Crippen LogP contribution in [0.4, 0.5) is 0 Å². The number of ether oxygens (including phenoxy) is 4. The van der Waals surface area contributed by atoms with Crippen LogP contribution in [0.25, 0.3) is 0 Å². The van der Waals surface area contributed by atoms with Crippen LogP contribution in [0.3, 0.4) is 0 Å². The van der Waals surface area contributed by atoms with Crippen molar-refractivity contribution >= 4 is 34.3 Å². The maximum absolute atomic E-state index is 6.48. The van der Waals surface area contributed by atoms with Crippen molar-refractivity contribution in [1.82, 2.24) is 9.80 Å². The fraction of sp³-hybridized carbons (Fsp3) is 0.474. The SMILES string of the molecule is CCc1cc2c(s1)CCN1Cc3c(OC)cc(C4CN5Cc6c(OC)ccc(OC)c6CC5c5cc(CCCl)sc54)c(OC)c3CC21. The van der Waals surface area contributed by atoms with E-state index < -0.39 is 0 Å². The van der Waals surface area contributed by atoms with Crippen LogP contribution in [-0.4, -0.2) is 57.2 Å². The summed E-state index contributed by atoms with van der Waals surface area (Å²) in [7, 11) is 7.22. The number of thiophene rings is 2. The molecule has 0 aliphatic carbocycles. The number of hydrogen-bond acceptors (Lipinski definition) is 8. The summed E-state index contributed by atoms with van der Waals surface area (Å²) in [6, 6.07) is 11.9. The van der Waals surface area contributed by atoms with Crippen LogP contribution in [0.1, 0.15) is 83.4 Å². The van der Waals surface area contributed by atoms with E-state index >= 15 is 0 Å². The first-order valence-corrected chi connectivity index (χ1v) is 18.9. The predicted octanol–water partition coefficient (Wildman–Crippen LogP) is 8.09. The molecule has 2 aromatic heterocycles. The van der Waals surface area contributed by atoms with E-state index in [1.165, 1.54) is 53.6 Å². The Labute approximate surface area is 291 Å². The Hall–Kier alpha value is -2.75. The van der Waals surface area contributed by atoms with Crippen molar-refractivity contribution in [3.63, 3.8) is 0 Å². The number of fused-ring (bicyclic) bond motifs is 8. The third kappa shape index (κ3) is 5.09. The van der Waals surface area contributed by atoms with Gasteiger partial charge in [-0.2, -0.15) is 0 Å². The first kappa shape index (κ1) is 31.5. The zero-order valence-electron chi connectivity index (χ0n) is 27.9. The van der Waals surface area contributed by atoms with Gasteiger partial charge in [-0.05, 0) is 73.6 Å². The van der Waals surface area contributed by atoms with Crippen LogP contribution in [0.2, 0.25) is 0 Å². The molecule has 0 N–H and O–H groups in total. The Morgan fingerprint density at radius 1 is 0.745 bits per heavy atom. The van der Waals surface area contributed by atoms with Crippen molar-refractivity contribution in [3.05, 3.63) is 88.8 Å². The molecule has 0 amide bonds. The van der Waals surface area contributed by atoms with Crippen molar-refractivity contribution < 1.29 is 18.9 Å². The standard InChI is InChI=1S/C38H43ClN2O4S2/c1-6-21-13-26-31-16-24-29(18-40(31)12-10-36(26)46-21)35(44-4)17-25(37(24)45-5)30-20-41-19-28-23(33(42-2)7-8-34(28)43-3)15-32(41)27-14-22(9-11-39)47-38(27)30/h7-8,13-14,17,30-32H,6,9-12,15-16,18-20H2,1-5H3. The third-order valence-corrected chi connectivity index (χ3v) is 13.8. The molecule has 6 nitrogen and oxygen atoms in total. The molecule has 3 atom stereocenters. The molecule has 3 unspecified atom stereocenters. The molecule has 0 bridgehead atoms. The molecular formula is C38H43ClN2O4S2. The number of halogens is 1. The molecular weight excluding hydrogens is 648 g/mol. The van der Waals surface area contributed by atoms with Gasteiger partial charge >= 0.3 is 0 Å². The van der Waals surface area contributed by atoms with Crippen LogP contribution in [0.15, 0.2) is 30.3 Å². The smallest absolute Gasteiger partial charge is 0.126 e. The fourth-order valence-corrected chi connectivity index (χ4v) is 11.5. The van der Waals surface area contributed by atoms with Crippen LogP contribution < -0.4 is 18.9 Å². The summed E-state index contributed by atoms with van der Waals surface area (Å²) in [5, 5.41) is 0. The van der Waals surface area contributed by atoms with E-state index in [9.17, 15) is 0 Å². The molecule has 4 aliphatic rings. The molecule has 4 aliphatic heterocycles. The monoisotopic (exact) mass is 690 g/mol. The third-order valence-electron chi connectivity index (χ3n) is 11.0. The molecule has 47 heavy (non-hydrogen) atoms. The quantitative estimate of drug-likeness (QED) is 0.174. The molecule has 248 valence electrons. The van der Waals surface area contributed by atoms with E-state index in [1.54, 1.807) is 19.1 Å². The summed E-state index contributed by atoms with van der Waals surface area (Å²) in [4.78, 5) is 11.1. The number of alkyl halides is 1. The number of rotatable bonds is 8. The molecule has 0 fully saturated rings. The Morgan fingerprint density at radius 2 is 1.43 bits per heavy atom. The molecule has 0 saturated carbocycles. The van der Waals surface area contributed by atoms with Crippen molar-refractivity contribution in [1.29, 1.82) is 0 Å². The highest BCUT2D eigenvalue weighted by atomic mass is 35.5. The van der Waals surface area contributed by atoms with Gasteiger partial charge in [-0.15, -0.1) is 34.3 Å². The Morgan fingerprint density at radius 3 is 2.15 bits per heavy atom. The number of hydrogen-bond donors (Lipinski definition) is 0. The van der Waals surface area contributed by atoms with Gasteiger partial charge in [0, 0.05) is 97.4 Å². The lowest BCUT2D eigenvalue weighted by Crippen LogP contribution is -2.41.